The van der Waals surface area contributed by atoms with E-state index in [2.05, 4.69) is 4.98 Å². The second-order valence-electron chi connectivity index (χ2n) is 5.61. The highest BCUT2D eigenvalue weighted by Crippen LogP contribution is 2.32. The van der Waals surface area contributed by atoms with Crippen molar-refractivity contribution in [3.8, 4) is 5.75 Å². The van der Waals surface area contributed by atoms with E-state index in [1.54, 1.807) is 6.20 Å². The van der Waals surface area contributed by atoms with E-state index in [0.717, 1.165) is 23.7 Å². The standard InChI is InChI=1S/C15H24N2O/c1-11(2)18-14-8-13(9-17-10-14)15(16)7-12-5-3-4-6-12/h8-12,15H,3-7,16H2,1-2H3. The van der Waals surface area contributed by atoms with E-state index in [1.165, 1.54) is 25.7 Å². The Labute approximate surface area is 110 Å². The number of nitrogens with zero attached hydrogens (tertiary/aromatic N) is 1. The first-order valence-electron chi connectivity index (χ1n) is 7.02. The van der Waals surface area contributed by atoms with Crippen molar-refractivity contribution in [1.82, 2.24) is 4.98 Å². The van der Waals surface area contributed by atoms with Crippen LogP contribution in [0.5, 0.6) is 5.75 Å². The quantitative estimate of drug-likeness (QED) is 0.868. The zero-order chi connectivity index (χ0) is 13.0. The summed E-state index contributed by atoms with van der Waals surface area (Å²) in [6.45, 7) is 4.04. The van der Waals surface area contributed by atoms with E-state index in [4.69, 9.17) is 10.5 Å². The fourth-order valence-corrected chi connectivity index (χ4v) is 2.72. The van der Waals surface area contributed by atoms with Crippen molar-refractivity contribution in [1.29, 1.82) is 0 Å². The van der Waals surface area contributed by atoms with Gasteiger partial charge in [-0.15, -0.1) is 0 Å². The lowest BCUT2D eigenvalue weighted by molar-refractivity contribution is 0.241. The largest absolute Gasteiger partial charge is 0.489 e. The van der Waals surface area contributed by atoms with Crippen LogP contribution in [0.1, 0.15) is 57.6 Å². The molecule has 0 saturated heterocycles. The van der Waals surface area contributed by atoms with Crippen LogP contribution in [0.4, 0.5) is 0 Å². The van der Waals surface area contributed by atoms with Crippen LogP contribution in [0.3, 0.4) is 0 Å². The summed E-state index contributed by atoms with van der Waals surface area (Å²) in [4.78, 5) is 4.23. The van der Waals surface area contributed by atoms with Crippen LogP contribution < -0.4 is 10.5 Å². The van der Waals surface area contributed by atoms with Crippen molar-refractivity contribution in [3.63, 3.8) is 0 Å². The summed E-state index contributed by atoms with van der Waals surface area (Å²) in [5.74, 6) is 1.62. The average Bonchev–Trinajstić information content (AvgIpc) is 2.81. The maximum atomic E-state index is 6.28. The lowest BCUT2D eigenvalue weighted by Gasteiger charge is -2.17. The minimum atomic E-state index is 0.0938. The van der Waals surface area contributed by atoms with Gasteiger partial charge in [-0.1, -0.05) is 25.7 Å². The molecule has 1 atom stereocenters. The minimum Gasteiger partial charge on any atom is -0.489 e. The van der Waals surface area contributed by atoms with Gasteiger partial charge >= 0.3 is 0 Å². The highest BCUT2D eigenvalue weighted by Gasteiger charge is 2.19. The Hall–Kier alpha value is -1.09. The number of nitrogens with two attached hydrogens (primary N) is 1. The highest BCUT2D eigenvalue weighted by atomic mass is 16.5. The molecule has 1 aromatic rings. The average molecular weight is 248 g/mol. The number of ether oxygens (including phenoxy) is 1. The SMILES string of the molecule is CC(C)Oc1cncc(C(N)CC2CCCC2)c1. The minimum absolute atomic E-state index is 0.0938. The van der Waals surface area contributed by atoms with Crippen LogP contribution in [-0.2, 0) is 0 Å². The van der Waals surface area contributed by atoms with Gasteiger partial charge in [0.25, 0.3) is 0 Å². The lowest BCUT2D eigenvalue weighted by Crippen LogP contribution is -2.15. The van der Waals surface area contributed by atoms with E-state index in [1.807, 2.05) is 26.1 Å². The molecule has 18 heavy (non-hydrogen) atoms. The molecular weight excluding hydrogens is 224 g/mol. The van der Waals surface area contributed by atoms with Gasteiger partial charge in [0.2, 0.25) is 0 Å². The zero-order valence-corrected chi connectivity index (χ0v) is 11.4. The summed E-state index contributed by atoms with van der Waals surface area (Å²) >= 11 is 0. The Balaban J connectivity index is 1.98. The van der Waals surface area contributed by atoms with Gasteiger partial charge in [0.1, 0.15) is 5.75 Å². The predicted molar refractivity (Wildman–Crippen MR) is 73.5 cm³/mol. The monoisotopic (exact) mass is 248 g/mol. The Morgan fingerprint density at radius 2 is 2.06 bits per heavy atom. The molecule has 0 radical (unpaired) electrons. The molecule has 100 valence electrons. The lowest BCUT2D eigenvalue weighted by atomic mass is 9.95. The van der Waals surface area contributed by atoms with E-state index < -0.39 is 0 Å². The van der Waals surface area contributed by atoms with Gasteiger partial charge in [0.05, 0.1) is 12.3 Å². The summed E-state index contributed by atoms with van der Waals surface area (Å²) in [6, 6.07) is 2.13. The first-order valence-corrected chi connectivity index (χ1v) is 7.02. The van der Waals surface area contributed by atoms with E-state index in [9.17, 15) is 0 Å². The Morgan fingerprint density at radius 3 is 2.72 bits per heavy atom. The maximum Gasteiger partial charge on any atom is 0.138 e. The zero-order valence-electron chi connectivity index (χ0n) is 11.4. The molecule has 0 amide bonds. The van der Waals surface area contributed by atoms with E-state index in [0.29, 0.717) is 0 Å². The third-order valence-corrected chi connectivity index (χ3v) is 3.60. The normalized spacial score (nSPS) is 18.2. The third kappa shape index (κ3) is 3.70. The van der Waals surface area contributed by atoms with Crippen LogP contribution in [-0.4, -0.2) is 11.1 Å². The van der Waals surface area contributed by atoms with Crippen LogP contribution in [0, 0.1) is 5.92 Å². The smallest absolute Gasteiger partial charge is 0.138 e. The number of hydrogen-bond acceptors (Lipinski definition) is 3. The summed E-state index contributed by atoms with van der Waals surface area (Å²) in [7, 11) is 0. The number of hydrogen-bond donors (Lipinski definition) is 1. The highest BCUT2D eigenvalue weighted by molar-refractivity contribution is 5.26. The Kier molecular flexibility index (Phi) is 4.59. The van der Waals surface area contributed by atoms with Crippen molar-refractivity contribution >= 4 is 0 Å². The van der Waals surface area contributed by atoms with Gasteiger partial charge in [0.15, 0.2) is 0 Å². The number of aromatic nitrogens is 1. The van der Waals surface area contributed by atoms with Crippen LogP contribution in [0.2, 0.25) is 0 Å². The molecule has 1 unspecified atom stereocenters. The summed E-state index contributed by atoms with van der Waals surface area (Å²) in [5, 5.41) is 0. The second-order valence-corrected chi connectivity index (χ2v) is 5.61. The first-order chi connectivity index (χ1) is 8.65. The first kappa shape index (κ1) is 13.3. The number of rotatable bonds is 5. The maximum absolute atomic E-state index is 6.28. The molecule has 0 bridgehead atoms. The molecule has 0 spiro atoms. The molecule has 1 heterocycles. The molecule has 2 rings (SSSR count). The topological polar surface area (TPSA) is 48.1 Å². The predicted octanol–water partition coefficient (Wildman–Crippen LogP) is 3.45. The van der Waals surface area contributed by atoms with Crippen LogP contribution in [0.15, 0.2) is 18.5 Å². The molecule has 1 aliphatic carbocycles. The van der Waals surface area contributed by atoms with Gasteiger partial charge in [-0.25, -0.2) is 0 Å². The molecule has 0 aliphatic heterocycles. The second kappa shape index (κ2) is 6.19. The van der Waals surface area contributed by atoms with Gasteiger partial charge in [-0.3, -0.25) is 4.98 Å². The van der Waals surface area contributed by atoms with E-state index in [-0.39, 0.29) is 12.1 Å². The third-order valence-electron chi connectivity index (χ3n) is 3.60. The van der Waals surface area contributed by atoms with E-state index >= 15 is 0 Å². The molecule has 3 heteroatoms. The Bertz CT molecular complexity index is 373. The van der Waals surface area contributed by atoms with Gasteiger partial charge in [0, 0.05) is 12.2 Å². The molecule has 1 aliphatic rings. The molecule has 1 aromatic heterocycles. The molecular formula is C15H24N2O. The van der Waals surface area contributed by atoms with Crippen molar-refractivity contribution in [2.45, 2.75) is 58.1 Å². The number of pyridine rings is 1. The molecule has 0 aromatic carbocycles. The van der Waals surface area contributed by atoms with Gasteiger partial charge in [-0.2, -0.15) is 0 Å². The van der Waals surface area contributed by atoms with Crippen molar-refractivity contribution in [2.24, 2.45) is 11.7 Å². The van der Waals surface area contributed by atoms with Crippen molar-refractivity contribution in [3.05, 3.63) is 24.0 Å². The molecule has 1 fully saturated rings. The van der Waals surface area contributed by atoms with Crippen molar-refractivity contribution < 1.29 is 4.74 Å². The van der Waals surface area contributed by atoms with Gasteiger partial charge in [-0.05, 0) is 37.8 Å². The van der Waals surface area contributed by atoms with Crippen molar-refractivity contribution in [2.75, 3.05) is 0 Å². The molecule has 2 N–H and O–H groups in total. The fourth-order valence-electron chi connectivity index (χ4n) is 2.72. The summed E-state index contributed by atoms with van der Waals surface area (Å²) in [6.07, 6.45) is 10.3. The molecule has 3 nitrogen and oxygen atoms in total. The molecule has 1 saturated carbocycles. The summed E-state index contributed by atoms with van der Waals surface area (Å²) < 4.78 is 5.66. The van der Waals surface area contributed by atoms with Gasteiger partial charge < -0.3 is 10.5 Å². The van der Waals surface area contributed by atoms with Crippen LogP contribution >= 0.6 is 0 Å². The van der Waals surface area contributed by atoms with Crippen LogP contribution in [0.25, 0.3) is 0 Å². The summed E-state index contributed by atoms with van der Waals surface area (Å²) in [5.41, 5.74) is 7.38. The fraction of sp³-hybridized carbons (Fsp3) is 0.667. The Morgan fingerprint density at radius 1 is 1.33 bits per heavy atom.